The maximum atomic E-state index is 11.8. The zero-order valence-electron chi connectivity index (χ0n) is 9.56. The van der Waals surface area contributed by atoms with Crippen LogP contribution in [0.25, 0.3) is 0 Å². The Bertz CT molecular complexity index is 554. The van der Waals surface area contributed by atoms with E-state index in [-0.39, 0.29) is 10.8 Å². The van der Waals surface area contributed by atoms with Gasteiger partial charge in [-0.15, -0.1) is 0 Å². The molecular formula is C11H12Cl2O4S. The summed E-state index contributed by atoms with van der Waals surface area (Å²) in [5, 5.41) is 9.31. The normalized spacial score (nSPS) is 13.3. The van der Waals surface area contributed by atoms with Crippen molar-refractivity contribution in [2.75, 3.05) is 5.75 Å². The SMILES string of the molecule is CC(CS(=O)(=O)Cc1ccc(Cl)c(Cl)c1)C(=O)O. The van der Waals surface area contributed by atoms with E-state index in [0.717, 1.165) is 0 Å². The van der Waals surface area contributed by atoms with Crippen molar-refractivity contribution in [3.63, 3.8) is 0 Å². The van der Waals surface area contributed by atoms with Crippen LogP contribution >= 0.6 is 23.2 Å². The zero-order valence-corrected chi connectivity index (χ0v) is 11.9. The number of rotatable bonds is 5. The predicted octanol–water partition coefficient (Wildman–Crippen LogP) is 2.63. The third-order valence-electron chi connectivity index (χ3n) is 2.30. The van der Waals surface area contributed by atoms with Crippen molar-refractivity contribution in [3.8, 4) is 0 Å². The number of benzene rings is 1. The van der Waals surface area contributed by atoms with E-state index in [1.54, 1.807) is 6.07 Å². The highest BCUT2D eigenvalue weighted by molar-refractivity contribution is 7.90. The van der Waals surface area contributed by atoms with Crippen LogP contribution in [0.5, 0.6) is 0 Å². The van der Waals surface area contributed by atoms with E-state index in [2.05, 4.69) is 0 Å². The molecule has 0 aliphatic rings. The van der Waals surface area contributed by atoms with Crippen molar-refractivity contribution in [1.29, 1.82) is 0 Å². The minimum Gasteiger partial charge on any atom is -0.481 e. The monoisotopic (exact) mass is 310 g/mol. The van der Waals surface area contributed by atoms with Crippen LogP contribution in [0.2, 0.25) is 10.0 Å². The van der Waals surface area contributed by atoms with Gasteiger partial charge in [0.05, 0.1) is 27.5 Å². The topological polar surface area (TPSA) is 71.4 Å². The molecule has 0 spiro atoms. The number of hydrogen-bond donors (Lipinski definition) is 1. The molecule has 1 aromatic carbocycles. The van der Waals surface area contributed by atoms with Gasteiger partial charge >= 0.3 is 5.97 Å². The van der Waals surface area contributed by atoms with Gasteiger partial charge in [0.25, 0.3) is 0 Å². The molecule has 0 aliphatic carbocycles. The Balaban J connectivity index is 2.82. The highest BCUT2D eigenvalue weighted by Gasteiger charge is 2.21. The molecule has 0 amide bonds. The number of sulfone groups is 1. The van der Waals surface area contributed by atoms with Gasteiger partial charge in [0, 0.05) is 0 Å². The van der Waals surface area contributed by atoms with Crippen molar-refractivity contribution >= 4 is 39.0 Å². The second kappa shape index (κ2) is 5.91. The lowest BCUT2D eigenvalue weighted by molar-refractivity contribution is -0.140. The lowest BCUT2D eigenvalue weighted by Crippen LogP contribution is -2.22. The summed E-state index contributed by atoms with van der Waals surface area (Å²) in [6.45, 7) is 1.36. The fourth-order valence-electron chi connectivity index (χ4n) is 1.39. The predicted molar refractivity (Wildman–Crippen MR) is 70.8 cm³/mol. The van der Waals surface area contributed by atoms with Gasteiger partial charge in [-0.3, -0.25) is 4.79 Å². The average molecular weight is 311 g/mol. The number of halogens is 2. The van der Waals surface area contributed by atoms with Crippen LogP contribution < -0.4 is 0 Å². The van der Waals surface area contributed by atoms with Gasteiger partial charge in [-0.25, -0.2) is 8.42 Å². The molecule has 0 saturated carbocycles. The first-order chi connectivity index (χ1) is 8.21. The smallest absolute Gasteiger partial charge is 0.307 e. The maximum Gasteiger partial charge on any atom is 0.307 e. The summed E-state index contributed by atoms with van der Waals surface area (Å²) in [4.78, 5) is 10.6. The minimum atomic E-state index is -3.49. The lowest BCUT2D eigenvalue weighted by atomic mass is 10.2. The van der Waals surface area contributed by atoms with Gasteiger partial charge in [-0.05, 0) is 17.7 Å². The first kappa shape index (κ1) is 15.3. The van der Waals surface area contributed by atoms with Crippen molar-refractivity contribution in [2.45, 2.75) is 12.7 Å². The molecule has 1 atom stereocenters. The standard InChI is InChI=1S/C11H12Cl2O4S/c1-7(11(14)15)5-18(16,17)6-8-2-3-9(12)10(13)4-8/h2-4,7H,5-6H2,1H3,(H,14,15). The molecule has 0 heterocycles. The Hall–Kier alpha value is -0.780. The molecule has 1 aromatic rings. The average Bonchev–Trinajstić information content (AvgIpc) is 2.22. The molecule has 0 aromatic heterocycles. The van der Waals surface area contributed by atoms with E-state index in [0.29, 0.717) is 10.6 Å². The number of hydrogen-bond acceptors (Lipinski definition) is 3. The van der Waals surface area contributed by atoms with Gasteiger partial charge in [0.15, 0.2) is 9.84 Å². The molecule has 100 valence electrons. The first-order valence-electron chi connectivity index (χ1n) is 5.08. The van der Waals surface area contributed by atoms with Gasteiger partial charge in [0.1, 0.15) is 0 Å². The minimum absolute atomic E-state index is 0.249. The third-order valence-corrected chi connectivity index (χ3v) is 4.82. The van der Waals surface area contributed by atoms with Crippen molar-refractivity contribution < 1.29 is 18.3 Å². The Morgan fingerprint density at radius 2 is 1.94 bits per heavy atom. The van der Waals surface area contributed by atoms with Gasteiger partial charge < -0.3 is 5.11 Å². The molecular weight excluding hydrogens is 299 g/mol. The number of carbonyl (C=O) groups is 1. The van der Waals surface area contributed by atoms with Crippen molar-refractivity contribution in [1.82, 2.24) is 0 Å². The molecule has 1 rings (SSSR count). The van der Waals surface area contributed by atoms with Crippen LogP contribution in [-0.2, 0) is 20.4 Å². The van der Waals surface area contributed by atoms with Crippen LogP contribution in [0, 0.1) is 5.92 Å². The van der Waals surface area contributed by atoms with Crippen molar-refractivity contribution in [2.24, 2.45) is 5.92 Å². The molecule has 1 unspecified atom stereocenters. The van der Waals surface area contributed by atoms with Crippen LogP contribution in [-0.4, -0.2) is 25.2 Å². The van der Waals surface area contributed by atoms with E-state index in [1.165, 1.54) is 19.1 Å². The summed E-state index contributed by atoms with van der Waals surface area (Å²) >= 11 is 11.5. The van der Waals surface area contributed by atoms with Crippen LogP contribution in [0.3, 0.4) is 0 Å². The number of carboxylic acid groups (broad SMARTS) is 1. The quantitative estimate of drug-likeness (QED) is 0.907. The molecule has 0 fully saturated rings. The van der Waals surface area contributed by atoms with Gasteiger partial charge in [-0.1, -0.05) is 36.2 Å². The lowest BCUT2D eigenvalue weighted by Gasteiger charge is -2.08. The fraction of sp³-hybridized carbons (Fsp3) is 0.364. The molecule has 1 N–H and O–H groups in total. The fourth-order valence-corrected chi connectivity index (χ4v) is 3.42. The van der Waals surface area contributed by atoms with Crippen LogP contribution in [0.15, 0.2) is 18.2 Å². The summed E-state index contributed by atoms with van der Waals surface area (Å²) < 4.78 is 23.5. The van der Waals surface area contributed by atoms with Crippen molar-refractivity contribution in [3.05, 3.63) is 33.8 Å². The van der Waals surface area contributed by atoms with Gasteiger partial charge in [0.2, 0.25) is 0 Å². The Morgan fingerprint density at radius 3 is 2.44 bits per heavy atom. The third kappa shape index (κ3) is 4.48. The zero-order chi connectivity index (χ0) is 13.9. The summed E-state index contributed by atoms with van der Waals surface area (Å²) in [6, 6.07) is 4.53. The van der Waals surface area contributed by atoms with E-state index in [1.807, 2.05) is 0 Å². The first-order valence-corrected chi connectivity index (χ1v) is 7.66. The molecule has 0 aliphatic heterocycles. The maximum absolute atomic E-state index is 11.8. The highest BCUT2D eigenvalue weighted by Crippen LogP contribution is 2.23. The van der Waals surface area contributed by atoms with Gasteiger partial charge in [-0.2, -0.15) is 0 Å². The van der Waals surface area contributed by atoms with Crippen LogP contribution in [0.4, 0.5) is 0 Å². The number of aliphatic carboxylic acids is 1. The Kier molecular flexibility index (Phi) is 5.01. The molecule has 18 heavy (non-hydrogen) atoms. The van der Waals surface area contributed by atoms with E-state index in [9.17, 15) is 13.2 Å². The summed E-state index contributed by atoms with van der Waals surface area (Å²) in [5.74, 6) is -2.71. The molecule has 0 saturated heterocycles. The molecule has 4 nitrogen and oxygen atoms in total. The Morgan fingerprint density at radius 1 is 1.33 bits per heavy atom. The second-order valence-corrected chi connectivity index (χ2v) is 6.97. The summed E-state index contributed by atoms with van der Waals surface area (Å²) in [5.41, 5.74) is 0.488. The molecule has 7 heteroatoms. The largest absolute Gasteiger partial charge is 0.481 e. The van der Waals surface area contributed by atoms with E-state index >= 15 is 0 Å². The molecule has 0 bridgehead atoms. The Labute approximate surface area is 115 Å². The second-order valence-electron chi connectivity index (χ2n) is 4.04. The highest BCUT2D eigenvalue weighted by atomic mass is 35.5. The van der Waals surface area contributed by atoms with E-state index in [4.69, 9.17) is 28.3 Å². The number of carboxylic acids is 1. The summed E-state index contributed by atoms with van der Waals surface area (Å²) in [6.07, 6.45) is 0. The van der Waals surface area contributed by atoms with Crippen LogP contribution in [0.1, 0.15) is 12.5 Å². The van der Waals surface area contributed by atoms with E-state index < -0.39 is 27.5 Å². The molecule has 0 radical (unpaired) electrons. The summed E-state index contributed by atoms with van der Waals surface area (Å²) in [7, 11) is -3.49.